The summed E-state index contributed by atoms with van der Waals surface area (Å²) in [7, 11) is 0. The molecule has 3 atom stereocenters. The Balaban J connectivity index is 4.31. The summed E-state index contributed by atoms with van der Waals surface area (Å²) in [5.41, 5.74) is 5.36. The summed E-state index contributed by atoms with van der Waals surface area (Å²) in [4.78, 5) is 32.3. The van der Waals surface area contributed by atoms with Gasteiger partial charge in [0.05, 0.1) is 12.1 Å². The van der Waals surface area contributed by atoms with Gasteiger partial charge in [0.15, 0.2) is 6.04 Å². The summed E-state index contributed by atoms with van der Waals surface area (Å²) in [6, 6.07) is -2.58. The number of hydrogen-bond acceptors (Lipinski definition) is 5. The zero-order chi connectivity index (χ0) is 13.6. The van der Waals surface area contributed by atoms with Gasteiger partial charge in [-0.3, -0.25) is 9.59 Å². The molecule has 0 fully saturated rings. The van der Waals surface area contributed by atoms with Crippen molar-refractivity contribution >= 4 is 17.8 Å². The topological polar surface area (TPSA) is 150 Å². The Bertz CT molecular complexity index is 304. The molecule has 0 aliphatic heterocycles. The molecule has 0 saturated carbocycles. The number of aliphatic hydroxyl groups excluding tert-OH is 1. The first-order chi connectivity index (χ1) is 7.75. The molecular formula is C9H16N2O6. The molecular weight excluding hydrogens is 232 g/mol. The molecule has 0 rings (SSSR count). The van der Waals surface area contributed by atoms with Crippen molar-refractivity contribution in [3.05, 3.63) is 0 Å². The van der Waals surface area contributed by atoms with Crippen LogP contribution in [0.25, 0.3) is 0 Å². The van der Waals surface area contributed by atoms with Gasteiger partial charge in [-0.1, -0.05) is 0 Å². The maximum Gasteiger partial charge on any atom is 0.328 e. The Labute approximate surface area is 97.4 Å². The van der Waals surface area contributed by atoms with Crippen LogP contribution in [0.3, 0.4) is 0 Å². The van der Waals surface area contributed by atoms with Crippen LogP contribution >= 0.6 is 0 Å². The predicted octanol–water partition coefficient (Wildman–Crippen LogP) is -1.87. The average Bonchev–Trinajstić information content (AvgIpc) is 2.20. The second-order valence-electron chi connectivity index (χ2n) is 3.60. The fourth-order valence-electron chi connectivity index (χ4n) is 1.06. The van der Waals surface area contributed by atoms with Crippen molar-refractivity contribution in [2.45, 2.75) is 38.0 Å². The highest BCUT2D eigenvalue weighted by molar-refractivity contribution is 5.87. The normalized spacial score (nSPS) is 15.7. The van der Waals surface area contributed by atoms with Crippen LogP contribution in [0.5, 0.6) is 0 Å². The number of aliphatic carboxylic acids is 2. The molecule has 8 nitrogen and oxygen atoms in total. The number of carbonyl (C=O) groups is 3. The number of rotatable bonds is 7. The van der Waals surface area contributed by atoms with Gasteiger partial charge in [-0.05, 0) is 13.3 Å². The first kappa shape index (κ1) is 15.3. The Morgan fingerprint density at radius 1 is 1.29 bits per heavy atom. The van der Waals surface area contributed by atoms with E-state index in [1.165, 1.54) is 6.92 Å². The highest BCUT2D eigenvalue weighted by Gasteiger charge is 2.27. The lowest BCUT2D eigenvalue weighted by molar-refractivity contribution is -0.145. The lowest BCUT2D eigenvalue weighted by Crippen LogP contribution is -2.52. The first-order valence-corrected chi connectivity index (χ1v) is 4.94. The minimum absolute atomic E-state index is 0.104. The van der Waals surface area contributed by atoms with E-state index in [0.717, 1.165) is 0 Å². The molecule has 6 N–H and O–H groups in total. The van der Waals surface area contributed by atoms with Gasteiger partial charge in [-0.2, -0.15) is 0 Å². The van der Waals surface area contributed by atoms with Gasteiger partial charge < -0.3 is 26.4 Å². The molecule has 0 aliphatic rings. The van der Waals surface area contributed by atoms with Crippen LogP contribution in [-0.4, -0.2) is 51.4 Å². The molecule has 0 aromatic heterocycles. The Hall–Kier alpha value is -1.67. The molecule has 1 amide bonds. The van der Waals surface area contributed by atoms with Gasteiger partial charge in [-0.15, -0.1) is 0 Å². The molecule has 3 unspecified atom stereocenters. The zero-order valence-corrected chi connectivity index (χ0v) is 9.29. The number of hydrogen-bond donors (Lipinski definition) is 5. The van der Waals surface area contributed by atoms with Crippen LogP contribution in [-0.2, 0) is 14.4 Å². The minimum atomic E-state index is -1.46. The molecule has 0 aromatic carbocycles. The summed E-state index contributed by atoms with van der Waals surface area (Å²) in [6.45, 7) is 1.21. The maximum atomic E-state index is 11.4. The molecule has 17 heavy (non-hydrogen) atoms. The van der Waals surface area contributed by atoms with Crippen LogP contribution in [0, 0.1) is 0 Å². The Kier molecular flexibility index (Phi) is 6.15. The Morgan fingerprint density at radius 2 is 1.82 bits per heavy atom. The smallest absolute Gasteiger partial charge is 0.328 e. The highest BCUT2D eigenvalue weighted by Crippen LogP contribution is 1.98. The molecule has 0 aromatic rings. The van der Waals surface area contributed by atoms with Gasteiger partial charge in [0.1, 0.15) is 0 Å². The Morgan fingerprint density at radius 3 is 2.18 bits per heavy atom. The average molecular weight is 248 g/mol. The molecule has 8 heteroatoms. The number of carboxylic acid groups (broad SMARTS) is 2. The van der Waals surface area contributed by atoms with E-state index in [-0.39, 0.29) is 12.8 Å². The lowest BCUT2D eigenvalue weighted by Gasteiger charge is -2.19. The first-order valence-electron chi connectivity index (χ1n) is 4.94. The number of nitrogens with two attached hydrogens (primary N) is 1. The van der Waals surface area contributed by atoms with E-state index in [0.29, 0.717) is 0 Å². The van der Waals surface area contributed by atoms with Crippen molar-refractivity contribution in [1.29, 1.82) is 0 Å². The van der Waals surface area contributed by atoms with Gasteiger partial charge in [0.25, 0.3) is 0 Å². The summed E-state index contributed by atoms with van der Waals surface area (Å²) < 4.78 is 0. The van der Waals surface area contributed by atoms with Crippen molar-refractivity contribution in [1.82, 2.24) is 5.32 Å². The summed E-state index contributed by atoms with van der Waals surface area (Å²) in [5.74, 6) is -3.29. The van der Waals surface area contributed by atoms with E-state index in [1.54, 1.807) is 0 Å². The van der Waals surface area contributed by atoms with Crippen LogP contribution in [0.4, 0.5) is 0 Å². The van der Waals surface area contributed by atoms with Crippen molar-refractivity contribution in [2.75, 3.05) is 0 Å². The fourth-order valence-corrected chi connectivity index (χ4v) is 1.06. The van der Waals surface area contributed by atoms with Crippen molar-refractivity contribution in [3.8, 4) is 0 Å². The molecule has 0 saturated heterocycles. The third-order valence-electron chi connectivity index (χ3n) is 2.05. The molecule has 0 aliphatic carbocycles. The van der Waals surface area contributed by atoms with Gasteiger partial charge in [-0.25, -0.2) is 4.79 Å². The van der Waals surface area contributed by atoms with Crippen molar-refractivity contribution < 1.29 is 29.7 Å². The molecule has 0 heterocycles. The molecule has 0 bridgehead atoms. The number of carboxylic acids is 2. The summed E-state index contributed by atoms with van der Waals surface area (Å²) in [6.07, 6.45) is -1.67. The SMILES string of the molecule is CC(O)C(NC(=O)C(N)CCC(=O)O)C(=O)O. The number of carbonyl (C=O) groups excluding carboxylic acids is 1. The highest BCUT2D eigenvalue weighted by atomic mass is 16.4. The number of nitrogens with one attached hydrogen (secondary N) is 1. The van der Waals surface area contributed by atoms with E-state index in [4.69, 9.17) is 21.1 Å². The van der Waals surface area contributed by atoms with Crippen LogP contribution < -0.4 is 11.1 Å². The number of aliphatic hydroxyl groups is 1. The predicted molar refractivity (Wildman–Crippen MR) is 56.1 cm³/mol. The van der Waals surface area contributed by atoms with E-state index in [1.807, 2.05) is 5.32 Å². The monoisotopic (exact) mass is 248 g/mol. The van der Waals surface area contributed by atoms with E-state index in [9.17, 15) is 14.4 Å². The van der Waals surface area contributed by atoms with Crippen molar-refractivity contribution in [3.63, 3.8) is 0 Å². The third-order valence-corrected chi connectivity index (χ3v) is 2.05. The van der Waals surface area contributed by atoms with Gasteiger partial charge in [0.2, 0.25) is 5.91 Å². The number of amides is 1. The second-order valence-corrected chi connectivity index (χ2v) is 3.60. The third kappa shape index (κ3) is 5.83. The molecule has 0 radical (unpaired) electrons. The largest absolute Gasteiger partial charge is 0.481 e. The van der Waals surface area contributed by atoms with Crippen LogP contribution in [0.2, 0.25) is 0 Å². The zero-order valence-electron chi connectivity index (χ0n) is 9.29. The second kappa shape index (κ2) is 6.81. The molecule has 0 spiro atoms. The standard InChI is InChI=1S/C9H16N2O6/c1-4(12)7(9(16)17)11-8(15)5(10)2-3-6(13)14/h4-5,7,12H,2-3,10H2,1H3,(H,11,15)(H,13,14)(H,16,17). The van der Waals surface area contributed by atoms with Crippen LogP contribution in [0.1, 0.15) is 19.8 Å². The summed E-state index contributed by atoms with van der Waals surface area (Å²) in [5, 5.41) is 28.2. The fraction of sp³-hybridized carbons (Fsp3) is 0.667. The summed E-state index contributed by atoms with van der Waals surface area (Å²) >= 11 is 0. The van der Waals surface area contributed by atoms with E-state index >= 15 is 0 Å². The quantitative estimate of drug-likeness (QED) is 0.354. The maximum absolute atomic E-state index is 11.4. The van der Waals surface area contributed by atoms with E-state index in [2.05, 4.69) is 0 Å². The van der Waals surface area contributed by atoms with Crippen LogP contribution in [0.15, 0.2) is 0 Å². The van der Waals surface area contributed by atoms with Gasteiger partial charge >= 0.3 is 11.9 Å². The minimum Gasteiger partial charge on any atom is -0.481 e. The van der Waals surface area contributed by atoms with E-state index < -0.39 is 36.0 Å². The lowest BCUT2D eigenvalue weighted by atomic mass is 10.1. The van der Waals surface area contributed by atoms with Crippen molar-refractivity contribution in [2.24, 2.45) is 5.73 Å². The van der Waals surface area contributed by atoms with Gasteiger partial charge in [0, 0.05) is 6.42 Å². The molecule has 98 valence electrons.